The van der Waals surface area contributed by atoms with E-state index in [2.05, 4.69) is 23.9 Å². The molecule has 10 heavy (non-hydrogen) atoms. The lowest BCUT2D eigenvalue weighted by atomic mass is 10.4. The van der Waals surface area contributed by atoms with Crippen molar-refractivity contribution in [1.29, 1.82) is 0 Å². The van der Waals surface area contributed by atoms with Crippen LogP contribution in [0.5, 0.6) is 0 Å². The Hall–Kier alpha value is -0.700. The zero-order valence-corrected chi connectivity index (χ0v) is 6.83. The maximum atomic E-state index is 4.29. The molecule has 0 amide bonds. The van der Waals surface area contributed by atoms with E-state index < -0.39 is 0 Å². The van der Waals surface area contributed by atoms with E-state index in [1.54, 1.807) is 6.34 Å². The molecular weight excluding hydrogens is 126 g/mol. The van der Waals surface area contributed by atoms with E-state index >= 15 is 0 Å². The minimum atomic E-state index is 0.694. The molecule has 3 heteroatoms. The Morgan fingerprint density at radius 1 is 1.40 bits per heavy atom. The molecule has 1 aliphatic rings. The van der Waals surface area contributed by atoms with Gasteiger partial charge in [-0.2, -0.15) is 9.58 Å². The van der Waals surface area contributed by atoms with Gasteiger partial charge < -0.3 is 0 Å². The lowest BCUT2D eigenvalue weighted by Crippen LogP contribution is -2.44. The Kier molecular flexibility index (Phi) is 1.85. The standard InChI is InChI=1S/C7H14N3/c1-4-10(5-2)7(3)8-6-9-10/h6H,4-5H2,1-3H3/q+1. The third-order valence-corrected chi connectivity index (χ3v) is 2.17. The average molecular weight is 140 g/mol. The van der Waals surface area contributed by atoms with Crippen LogP contribution in [0.1, 0.15) is 20.8 Å². The van der Waals surface area contributed by atoms with Gasteiger partial charge in [0.15, 0.2) is 6.34 Å². The normalized spacial score (nSPS) is 21.3. The van der Waals surface area contributed by atoms with Gasteiger partial charge in [0.05, 0.1) is 0 Å². The van der Waals surface area contributed by atoms with Crippen LogP contribution >= 0.6 is 0 Å². The van der Waals surface area contributed by atoms with Crippen LogP contribution in [0.2, 0.25) is 0 Å². The first-order valence-corrected chi connectivity index (χ1v) is 3.71. The van der Waals surface area contributed by atoms with Crippen LogP contribution in [0.3, 0.4) is 0 Å². The van der Waals surface area contributed by atoms with Gasteiger partial charge >= 0.3 is 0 Å². The Balaban J connectivity index is 2.84. The van der Waals surface area contributed by atoms with E-state index in [1.165, 1.54) is 0 Å². The SMILES string of the molecule is CC[N+]1(CC)N=CN=C1C. The fourth-order valence-electron chi connectivity index (χ4n) is 1.24. The summed E-state index contributed by atoms with van der Waals surface area (Å²) in [6, 6.07) is 0. The highest BCUT2D eigenvalue weighted by Crippen LogP contribution is 2.12. The van der Waals surface area contributed by atoms with Gasteiger partial charge in [0.25, 0.3) is 0 Å². The Morgan fingerprint density at radius 2 is 2.00 bits per heavy atom. The third kappa shape index (κ3) is 0.865. The van der Waals surface area contributed by atoms with Gasteiger partial charge in [-0.05, 0) is 13.8 Å². The highest BCUT2D eigenvalue weighted by molar-refractivity contribution is 5.84. The monoisotopic (exact) mass is 140 g/mol. The average Bonchev–Trinajstić information content (AvgIpc) is 2.32. The van der Waals surface area contributed by atoms with Gasteiger partial charge in [0, 0.05) is 6.92 Å². The van der Waals surface area contributed by atoms with Gasteiger partial charge in [0.2, 0.25) is 5.84 Å². The minimum Gasteiger partial charge on any atom is -0.181 e. The molecule has 0 aromatic rings. The molecule has 0 radical (unpaired) electrons. The summed E-state index contributed by atoms with van der Waals surface area (Å²) in [5.74, 6) is 1.10. The summed E-state index contributed by atoms with van der Waals surface area (Å²) in [5.41, 5.74) is 0. The van der Waals surface area contributed by atoms with Crippen LogP contribution in [-0.2, 0) is 0 Å². The summed E-state index contributed by atoms with van der Waals surface area (Å²) in [6.45, 7) is 8.29. The molecule has 0 aromatic heterocycles. The summed E-state index contributed by atoms with van der Waals surface area (Å²) in [7, 11) is 0. The fraction of sp³-hybridized carbons (Fsp3) is 0.714. The Bertz CT molecular complexity index is 177. The van der Waals surface area contributed by atoms with Gasteiger partial charge in [-0.15, -0.1) is 0 Å². The molecule has 0 fully saturated rings. The van der Waals surface area contributed by atoms with Crippen molar-refractivity contribution in [3.63, 3.8) is 0 Å². The molecular formula is C7H14N3+. The minimum absolute atomic E-state index is 0.694. The topological polar surface area (TPSA) is 24.7 Å². The summed E-state index contributed by atoms with van der Waals surface area (Å²) < 4.78 is 0.694. The maximum absolute atomic E-state index is 4.29. The Morgan fingerprint density at radius 3 is 2.20 bits per heavy atom. The van der Waals surface area contributed by atoms with Crippen LogP contribution < -0.4 is 0 Å². The molecule has 0 aromatic carbocycles. The van der Waals surface area contributed by atoms with Crippen molar-refractivity contribution in [3.8, 4) is 0 Å². The molecule has 0 saturated carbocycles. The van der Waals surface area contributed by atoms with Crippen molar-refractivity contribution in [2.45, 2.75) is 20.8 Å². The highest BCUT2D eigenvalue weighted by atomic mass is 15.7. The smallest absolute Gasteiger partial charge is 0.181 e. The van der Waals surface area contributed by atoms with Crippen LogP contribution in [0.15, 0.2) is 10.1 Å². The van der Waals surface area contributed by atoms with Crippen LogP contribution in [0.25, 0.3) is 0 Å². The Labute approximate surface area is 61.7 Å². The van der Waals surface area contributed by atoms with Crippen molar-refractivity contribution in [3.05, 3.63) is 0 Å². The van der Waals surface area contributed by atoms with Crippen molar-refractivity contribution in [1.82, 2.24) is 0 Å². The zero-order chi connectivity index (χ0) is 7.61. The largest absolute Gasteiger partial charge is 0.227 e. The number of quaternary nitrogens is 1. The van der Waals surface area contributed by atoms with Gasteiger partial charge in [-0.3, -0.25) is 0 Å². The molecule has 0 aliphatic carbocycles. The van der Waals surface area contributed by atoms with Crippen molar-refractivity contribution < 1.29 is 4.59 Å². The predicted octanol–water partition coefficient (Wildman–Crippen LogP) is 1.22. The fourth-order valence-corrected chi connectivity index (χ4v) is 1.24. The first-order chi connectivity index (χ1) is 4.75. The molecule has 0 bridgehead atoms. The number of hydrogen-bond donors (Lipinski definition) is 0. The first kappa shape index (κ1) is 7.41. The second kappa shape index (κ2) is 2.50. The lowest BCUT2D eigenvalue weighted by molar-refractivity contribution is -0.842. The molecule has 0 unspecified atom stereocenters. The summed E-state index contributed by atoms with van der Waals surface area (Å²) in [5, 5.41) is 4.29. The van der Waals surface area contributed by atoms with E-state index in [0.717, 1.165) is 18.9 Å². The van der Waals surface area contributed by atoms with Crippen LogP contribution in [0.4, 0.5) is 0 Å². The van der Waals surface area contributed by atoms with Gasteiger partial charge in [-0.1, -0.05) is 5.10 Å². The molecule has 3 nitrogen and oxygen atoms in total. The maximum Gasteiger partial charge on any atom is 0.227 e. The highest BCUT2D eigenvalue weighted by Gasteiger charge is 2.30. The van der Waals surface area contributed by atoms with E-state index in [9.17, 15) is 0 Å². The second-order valence-electron chi connectivity index (χ2n) is 2.46. The predicted molar refractivity (Wildman–Crippen MR) is 42.9 cm³/mol. The van der Waals surface area contributed by atoms with E-state index in [4.69, 9.17) is 0 Å². The van der Waals surface area contributed by atoms with Gasteiger partial charge in [0.1, 0.15) is 13.1 Å². The van der Waals surface area contributed by atoms with E-state index in [0.29, 0.717) is 4.59 Å². The quantitative estimate of drug-likeness (QED) is 0.515. The zero-order valence-electron chi connectivity index (χ0n) is 6.83. The summed E-state index contributed by atoms with van der Waals surface area (Å²) in [6.07, 6.45) is 1.66. The molecule has 1 aliphatic heterocycles. The summed E-state index contributed by atoms with van der Waals surface area (Å²) in [4.78, 5) is 4.13. The third-order valence-electron chi connectivity index (χ3n) is 2.17. The second-order valence-corrected chi connectivity index (χ2v) is 2.46. The molecule has 0 N–H and O–H groups in total. The van der Waals surface area contributed by atoms with Crippen molar-refractivity contribution in [2.75, 3.05) is 13.1 Å². The number of hydrogen-bond acceptors (Lipinski definition) is 2. The van der Waals surface area contributed by atoms with E-state index in [1.807, 2.05) is 6.92 Å². The molecule has 0 saturated heterocycles. The molecule has 0 spiro atoms. The molecule has 1 heterocycles. The van der Waals surface area contributed by atoms with Crippen molar-refractivity contribution >= 4 is 12.2 Å². The van der Waals surface area contributed by atoms with Gasteiger partial charge in [-0.25, -0.2) is 0 Å². The number of aliphatic imine (C=N–C) groups is 1. The number of amidine groups is 1. The number of rotatable bonds is 2. The summed E-state index contributed by atoms with van der Waals surface area (Å²) >= 11 is 0. The van der Waals surface area contributed by atoms with Crippen LogP contribution in [0, 0.1) is 0 Å². The molecule has 0 atom stereocenters. The first-order valence-electron chi connectivity index (χ1n) is 3.71. The number of nitrogens with zero attached hydrogens (tertiary/aromatic N) is 3. The molecule has 1 rings (SSSR count). The van der Waals surface area contributed by atoms with Crippen molar-refractivity contribution in [2.24, 2.45) is 10.1 Å². The van der Waals surface area contributed by atoms with E-state index in [-0.39, 0.29) is 0 Å². The lowest BCUT2D eigenvalue weighted by Gasteiger charge is -2.24. The molecule has 56 valence electrons. The van der Waals surface area contributed by atoms with Crippen LogP contribution in [-0.4, -0.2) is 29.9 Å².